The number of aromatic nitrogens is 1. The summed E-state index contributed by atoms with van der Waals surface area (Å²) in [4.78, 5) is 22.3. The van der Waals surface area contributed by atoms with Crippen LogP contribution in [-0.4, -0.2) is 55.2 Å². The summed E-state index contributed by atoms with van der Waals surface area (Å²) in [5.41, 5.74) is 2.62. The first-order valence-corrected chi connectivity index (χ1v) is 11.0. The third-order valence-electron chi connectivity index (χ3n) is 5.04. The zero-order valence-corrected chi connectivity index (χ0v) is 18.0. The lowest BCUT2D eigenvalue weighted by molar-refractivity contribution is 0.0376. The molecule has 0 saturated carbocycles. The average molecular weight is 430 g/mol. The lowest BCUT2D eigenvalue weighted by atomic mass is 10.1. The summed E-state index contributed by atoms with van der Waals surface area (Å²) in [5.74, 6) is -0.0131. The molecule has 29 heavy (non-hydrogen) atoms. The highest BCUT2D eigenvalue weighted by molar-refractivity contribution is 7.22. The predicted molar refractivity (Wildman–Crippen MR) is 119 cm³/mol. The lowest BCUT2D eigenvalue weighted by Gasteiger charge is -2.27. The van der Waals surface area contributed by atoms with Crippen molar-refractivity contribution in [2.45, 2.75) is 13.3 Å². The Hall–Kier alpha value is -1.99. The number of carbonyl (C=O) groups excluding carboxylic acids is 1. The summed E-state index contributed by atoms with van der Waals surface area (Å²) < 4.78 is 6.41. The molecule has 0 radical (unpaired) electrons. The molecule has 0 N–H and O–H groups in total. The largest absolute Gasteiger partial charge is 0.379 e. The molecule has 2 heterocycles. The van der Waals surface area contributed by atoms with Gasteiger partial charge in [-0.1, -0.05) is 40.6 Å². The van der Waals surface area contributed by atoms with Crippen molar-refractivity contribution in [3.8, 4) is 0 Å². The molecular weight excluding hydrogens is 406 g/mol. The van der Waals surface area contributed by atoms with Crippen molar-refractivity contribution in [2.75, 3.05) is 44.3 Å². The van der Waals surface area contributed by atoms with Crippen molar-refractivity contribution in [3.63, 3.8) is 0 Å². The summed E-state index contributed by atoms with van der Waals surface area (Å²) in [6, 6.07) is 13.4. The van der Waals surface area contributed by atoms with Gasteiger partial charge in [-0.2, -0.15) is 0 Å². The van der Waals surface area contributed by atoms with Crippen LogP contribution >= 0.6 is 22.9 Å². The van der Waals surface area contributed by atoms with Gasteiger partial charge >= 0.3 is 0 Å². The van der Waals surface area contributed by atoms with Gasteiger partial charge in [0.15, 0.2) is 5.13 Å². The Morgan fingerprint density at radius 1 is 1.24 bits per heavy atom. The fourth-order valence-corrected chi connectivity index (χ4v) is 4.76. The first-order chi connectivity index (χ1) is 14.1. The van der Waals surface area contributed by atoms with Crippen molar-refractivity contribution in [3.05, 3.63) is 58.6 Å². The minimum atomic E-state index is -0.0131. The Morgan fingerprint density at radius 2 is 2.07 bits per heavy atom. The number of amides is 1. The highest BCUT2D eigenvalue weighted by Crippen LogP contribution is 2.31. The maximum atomic E-state index is 13.4. The molecule has 0 spiro atoms. The molecule has 1 aliphatic rings. The number of anilines is 1. The molecule has 0 atom stereocenters. The van der Waals surface area contributed by atoms with Crippen LogP contribution in [0.3, 0.4) is 0 Å². The van der Waals surface area contributed by atoms with E-state index in [9.17, 15) is 4.79 Å². The number of benzene rings is 2. The summed E-state index contributed by atoms with van der Waals surface area (Å²) in [5, 5.41) is 1.40. The SMILES string of the molecule is Cc1cccc(C(=O)N(CCCN2CCOCC2)c2nc3ccc(Cl)cc3s2)c1. The van der Waals surface area contributed by atoms with E-state index in [2.05, 4.69) is 4.90 Å². The number of aryl methyl sites for hydroxylation is 1. The van der Waals surface area contributed by atoms with Crippen LogP contribution in [0.15, 0.2) is 42.5 Å². The van der Waals surface area contributed by atoms with Gasteiger partial charge in [0.25, 0.3) is 5.91 Å². The smallest absolute Gasteiger partial charge is 0.260 e. The van der Waals surface area contributed by atoms with E-state index >= 15 is 0 Å². The quantitative estimate of drug-likeness (QED) is 0.573. The van der Waals surface area contributed by atoms with E-state index in [1.165, 1.54) is 11.3 Å². The van der Waals surface area contributed by atoms with E-state index in [-0.39, 0.29) is 5.91 Å². The zero-order chi connectivity index (χ0) is 20.2. The number of morpholine rings is 1. The first kappa shape index (κ1) is 20.3. The Bertz CT molecular complexity index is 1000. The lowest BCUT2D eigenvalue weighted by Crippen LogP contribution is -2.39. The topological polar surface area (TPSA) is 45.7 Å². The monoisotopic (exact) mass is 429 g/mol. The minimum Gasteiger partial charge on any atom is -0.379 e. The second kappa shape index (κ2) is 9.22. The molecular formula is C22H24ClN3O2S. The second-order valence-corrected chi connectivity index (χ2v) is 8.69. The predicted octanol–water partition coefficient (Wildman–Crippen LogP) is 4.63. The van der Waals surface area contributed by atoms with Crippen LogP contribution in [0.25, 0.3) is 10.2 Å². The maximum Gasteiger partial charge on any atom is 0.260 e. The minimum absolute atomic E-state index is 0.0131. The third-order valence-corrected chi connectivity index (χ3v) is 6.32. The number of fused-ring (bicyclic) bond motifs is 1. The van der Waals surface area contributed by atoms with E-state index in [1.54, 1.807) is 0 Å². The Balaban J connectivity index is 1.57. The molecule has 0 bridgehead atoms. The van der Waals surface area contributed by atoms with Crippen LogP contribution in [0.5, 0.6) is 0 Å². The van der Waals surface area contributed by atoms with E-state index < -0.39 is 0 Å². The van der Waals surface area contributed by atoms with E-state index in [0.717, 1.165) is 60.2 Å². The molecule has 0 unspecified atom stereocenters. The third kappa shape index (κ3) is 4.95. The van der Waals surface area contributed by atoms with Gasteiger partial charge in [-0.25, -0.2) is 4.98 Å². The molecule has 152 valence electrons. The summed E-state index contributed by atoms with van der Waals surface area (Å²) in [7, 11) is 0. The number of thiazole rings is 1. The number of rotatable bonds is 6. The maximum absolute atomic E-state index is 13.4. The number of halogens is 1. The van der Waals surface area contributed by atoms with Gasteiger partial charge in [0, 0.05) is 36.8 Å². The number of ether oxygens (including phenoxy) is 1. The molecule has 1 aromatic heterocycles. The molecule has 1 aliphatic heterocycles. The normalized spacial score (nSPS) is 15.0. The molecule has 5 nitrogen and oxygen atoms in total. The summed E-state index contributed by atoms with van der Waals surface area (Å²) >= 11 is 7.64. The second-order valence-electron chi connectivity index (χ2n) is 7.24. The van der Waals surface area contributed by atoms with Gasteiger partial charge in [-0.15, -0.1) is 0 Å². The molecule has 3 aromatic rings. The summed E-state index contributed by atoms with van der Waals surface area (Å²) in [6.45, 7) is 7.03. The fourth-order valence-electron chi connectivity index (χ4n) is 3.50. The van der Waals surface area contributed by atoms with Crippen LogP contribution < -0.4 is 4.90 Å². The number of carbonyl (C=O) groups is 1. The zero-order valence-electron chi connectivity index (χ0n) is 16.4. The van der Waals surface area contributed by atoms with Crippen molar-refractivity contribution >= 4 is 44.2 Å². The first-order valence-electron chi connectivity index (χ1n) is 9.85. The van der Waals surface area contributed by atoms with Gasteiger partial charge in [0.05, 0.1) is 23.4 Å². The van der Waals surface area contributed by atoms with Crippen LogP contribution in [0.1, 0.15) is 22.3 Å². The number of hydrogen-bond acceptors (Lipinski definition) is 5. The fraction of sp³-hybridized carbons (Fsp3) is 0.364. The molecule has 1 saturated heterocycles. The molecule has 0 aliphatic carbocycles. The molecule has 1 fully saturated rings. The van der Waals surface area contributed by atoms with Gasteiger partial charge in [-0.05, 0) is 43.7 Å². The van der Waals surface area contributed by atoms with Gasteiger partial charge in [0.1, 0.15) is 0 Å². The Kier molecular flexibility index (Phi) is 6.45. The van der Waals surface area contributed by atoms with Gasteiger partial charge in [0.2, 0.25) is 0 Å². The molecule has 4 rings (SSSR count). The Morgan fingerprint density at radius 3 is 2.86 bits per heavy atom. The van der Waals surface area contributed by atoms with Crippen LogP contribution in [-0.2, 0) is 4.74 Å². The molecule has 2 aromatic carbocycles. The van der Waals surface area contributed by atoms with Crippen LogP contribution in [0, 0.1) is 6.92 Å². The number of nitrogens with zero attached hydrogens (tertiary/aromatic N) is 3. The van der Waals surface area contributed by atoms with Crippen molar-refractivity contribution < 1.29 is 9.53 Å². The van der Waals surface area contributed by atoms with Crippen LogP contribution in [0.4, 0.5) is 5.13 Å². The van der Waals surface area contributed by atoms with E-state index in [0.29, 0.717) is 17.1 Å². The highest BCUT2D eigenvalue weighted by Gasteiger charge is 2.22. The summed E-state index contributed by atoms with van der Waals surface area (Å²) in [6.07, 6.45) is 0.883. The van der Waals surface area contributed by atoms with Gasteiger partial charge < -0.3 is 4.74 Å². The van der Waals surface area contributed by atoms with E-state index in [1.807, 2.05) is 54.3 Å². The van der Waals surface area contributed by atoms with Crippen molar-refractivity contribution in [2.24, 2.45) is 0 Å². The molecule has 1 amide bonds. The average Bonchev–Trinajstić information content (AvgIpc) is 3.14. The van der Waals surface area contributed by atoms with Crippen molar-refractivity contribution in [1.29, 1.82) is 0 Å². The molecule has 7 heteroatoms. The van der Waals surface area contributed by atoms with Crippen molar-refractivity contribution in [1.82, 2.24) is 9.88 Å². The number of hydrogen-bond donors (Lipinski definition) is 0. The Labute approximate surface area is 179 Å². The van der Waals surface area contributed by atoms with E-state index in [4.69, 9.17) is 21.3 Å². The van der Waals surface area contributed by atoms with Gasteiger partial charge in [-0.3, -0.25) is 14.6 Å². The highest BCUT2D eigenvalue weighted by atomic mass is 35.5. The van der Waals surface area contributed by atoms with Crippen LogP contribution in [0.2, 0.25) is 5.02 Å². The standard InChI is InChI=1S/C22H24ClN3O2S/c1-16-4-2-5-17(14-16)21(27)26(9-3-8-25-10-12-28-13-11-25)22-24-19-7-6-18(23)15-20(19)29-22/h2,4-7,14-15H,3,8-13H2,1H3.